The maximum absolute atomic E-state index is 12.7. The third kappa shape index (κ3) is 7.93. The van der Waals surface area contributed by atoms with Gasteiger partial charge in [0.15, 0.2) is 0 Å². The Balaban J connectivity index is 3.00. The highest BCUT2D eigenvalue weighted by molar-refractivity contribution is 5.94. The fourth-order valence-electron chi connectivity index (χ4n) is 2.42. The van der Waals surface area contributed by atoms with Gasteiger partial charge in [-0.25, -0.2) is 9.78 Å². The van der Waals surface area contributed by atoms with E-state index >= 15 is 0 Å². The second-order valence-corrected chi connectivity index (χ2v) is 6.92. The number of carboxylic acids is 1. The van der Waals surface area contributed by atoms with Gasteiger partial charge in [0.2, 0.25) is 17.7 Å². The number of carbonyl (C=O) groups excluding carboxylic acids is 3. The van der Waals surface area contributed by atoms with Crippen LogP contribution in [-0.2, 0) is 25.6 Å². The topological polar surface area (TPSA) is 240 Å². The number of carbonyl (C=O) groups is 4. The second kappa shape index (κ2) is 11.9. The number of imidazole rings is 1. The maximum atomic E-state index is 12.7. The molecule has 1 rings (SSSR count). The van der Waals surface area contributed by atoms with Gasteiger partial charge in [-0.1, -0.05) is 0 Å². The minimum absolute atomic E-state index is 0.136. The van der Waals surface area contributed by atoms with Crippen LogP contribution in [0.2, 0.25) is 0 Å². The van der Waals surface area contributed by atoms with Crippen molar-refractivity contribution in [1.29, 1.82) is 0 Å². The summed E-state index contributed by atoms with van der Waals surface area (Å²) in [5.74, 6) is -4.28. The zero-order valence-electron chi connectivity index (χ0n) is 17.0. The fourth-order valence-corrected chi connectivity index (χ4v) is 2.42. The maximum Gasteiger partial charge on any atom is 0.328 e. The number of amides is 3. The molecule has 0 bridgehead atoms. The van der Waals surface area contributed by atoms with Crippen molar-refractivity contribution in [1.82, 2.24) is 25.9 Å². The van der Waals surface area contributed by atoms with Crippen molar-refractivity contribution in [2.24, 2.45) is 5.73 Å². The van der Waals surface area contributed by atoms with Gasteiger partial charge in [0.25, 0.3) is 0 Å². The summed E-state index contributed by atoms with van der Waals surface area (Å²) < 4.78 is 0. The minimum atomic E-state index is -1.61. The third-order valence-electron chi connectivity index (χ3n) is 4.29. The molecule has 0 aliphatic rings. The van der Waals surface area contributed by atoms with E-state index in [9.17, 15) is 29.4 Å². The average Bonchev–Trinajstić information content (AvgIpc) is 3.20. The third-order valence-corrected chi connectivity index (χ3v) is 4.29. The van der Waals surface area contributed by atoms with Crippen LogP contribution in [-0.4, -0.2) is 97.1 Å². The Bertz CT molecular complexity index is 754. The van der Waals surface area contributed by atoms with Gasteiger partial charge in [0.05, 0.1) is 25.1 Å². The lowest BCUT2D eigenvalue weighted by Gasteiger charge is -2.26. The van der Waals surface area contributed by atoms with Crippen LogP contribution in [0.5, 0.6) is 0 Å². The molecule has 0 saturated carbocycles. The van der Waals surface area contributed by atoms with Gasteiger partial charge in [-0.05, 0) is 13.8 Å². The van der Waals surface area contributed by atoms with Crippen LogP contribution in [0.25, 0.3) is 0 Å². The molecule has 0 fully saturated rings. The molecular weight excluding hydrogens is 416 g/mol. The summed E-state index contributed by atoms with van der Waals surface area (Å²) in [5, 5.41) is 44.1. The zero-order chi connectivity index (χ0) is 23.7. The molecule has 6 unspecified atom stereocenters. The van der Waals surface area contributed by atoms with Crippen LogP contribution in [0.4, 0.5) is 0 Å². The smallest absolute Gasteiger partial charge is 0.328 e. The number of rotatable bonds is 12. The molecule has 3 amide bonds. The van der Waals surface area contributed by atoms with Crippen molar-refractivity contribution in [3.05, 3.63) is 18.2 Å². The van der Waals surface area contributed by atoms with Gasteiger partial charge < -0.3 is 47.1 Å². The van der Waals surface area contributed by atoms with E-state index in [-0.39, 0.29) is 6.42 Å². The summed E-state index contributed by atoms with van der Waals surface area (Å²) in [4.78, 5) is 54.9. The van der Waals surface area contributed by atoms with Crippen LogP contribution in [0.15, 0.2) is 12.5 Å². The first-order valence-electron chi connectivity index (χ1n) is 9.31. The number of aliphatic hydroxyl groups excluding tert-OH is 3. The molecule has 0 radical (unpaired) electrons. The van der Waals surface area contributed by atoms with Crippen molar-refractivity contribution in [3.63, 3.8) is 0 Å². The van der Waals surface area contributed by atoms with Crippen LogP contribution in [0.1, 0.15) is 19.5 Å². The molecule has 31 heavy (non-hydrogen) atoms. The number of hydrogen-bond donors (Lipinski definition) is 9. The van der Waals surface area contributed by atoms with Crippen LogP contribution in [0, 0.1) is 0 Å². The molecule has 14 heteroatoms. The molecule has 6 atom stereocenters. The first-order valence-corrected chi connectivity index (χ1v) is 9.31. The van der Waals surface area contributed by atoms with Gasteiger partial charge in [0, 0.05) is 18.3 Å². The Hall–Kier alpha value is -3.07. The SMILES string of the molecule is CC(O)C(N)C(=O)NC(C(=O)NC(Cc1cnc[nH]1)C(=O)NC(CO)C(=O)O)C(C)O. The normalized spacial score (nSPS) is 16.8. The number of hydrogen-bond acceptors (Lipinski definition) is 9. The Labute approximate surface area is 177 Å². The summed E-state index contributed by atoms with van der Waals surface area (Å²) in [7, 11) is 0. The van der Waals surface area contributed by atoms with Gasteiger partial charge in [-0.3, -0.25) is 14.4 Å². The molecule has 1 aromatic heterocycles. The summed E-state index contributed by atoms with van der Waals surface area (Å²) >= 11 is 0. The number of aliphatic hydroxyl groups is 3. The number of aromatic nitrogens is 2. The van der Waals surface area contributed by atoms with Crippen molar-refractivity contribution in [2.75, 3.05) is 6.61 Å². The largest absolute Gasteiger partial charge is 0.480 e. The quantitative estimate of drug-likeness (QED) is 0.150. The van der Waals surface area contributed by atoms with E-state index in [2.05, 4.69) is 25.9 Å². The fraction of sp³-hybridized carbons (Fsp3) is 0.588. The molecule has 10 N–H and O–H groups in total. The van der Waals surface area contributed by atoms with Gasteiger partial charge in [-0.15, -0.1) is 0 Å². The average molecular weight is 444 g/mol. The molecule has 174 valence electrons. The highest BCUT2D eigenvalue weighted by Gasteiger charge is 2.33. The number of carboxylic acid groups (broad SMARTS) is 1. The number of H-pyrrole nitrogens is 1. The molecular formula is C17H28N6O8. The van der Waals surface area contributed by atoms with Crippen molar-refractivity contribution in [3.8, 4) is 0 Å². The molecule has 0 spiro atoms. The number of nitrogens with zero attached hydrogens (tertiary/aromatic N) is 1. The zero-order valence-corrected chi connectivity index (χ0v) is 17.0. The van der Waals surface area contributed by atoms with Crippen molar-refractivity contribution < 1.29 is 39.6 Å². The molecule has 0 saturated heterocycles. The number of aliphatic carboxylic acids is 1. The number of nitrogens with two attached hydrogens (primary N) is 1. The minimum Gasteiger partial charge on any atom is -0.480 e. The second-order valence-electron chi connectivity index (χ2n) is 6.92. The number of aromatic amines is 1. The summed E-state index contributed by atoms with van der Waals surface area (Å²) in [6.45, 7) is 1.61. The standard InChI is InChI=1S/C17H28N6O8/c1-7(25)12(18)15(28)23-13(8(2)26)16(29)21-10(3-9-4-19-6-20-9)14(27)22-11(5-24)17(30)31/h4,6-8,10-13,24-26H,3,5,18H2,1-2H3,(H,19,20)(H,21,29)(H,22,27)(H,23,28)(H,30,31). The van der Waals surface area contributed by atoms with E-state index in [1.807, 2.05) is 0 Å². The van der Waals surface area contributed by atoms with Crippen LogP contribution < -0.4 is 21.7 Å². The summed E-state index contributed by atoms with van der Waals surface area (Å²) in [6.07, 6.45) is -0.0460. The highest BCUT2D eigenvalue weighted by Crippen LogP contribution is 2.03. The lowest BCUT2D eigenvalue weighted by atomic mass is 10.1. The number of nitrogens with one attached hydrogen (secondary N) is 4. The highest BCUT2D eigenvalue weighted by atomic mass is 16.4. The lowest BCUT2D eigenvalue weighted by Crippen LogP contribution is -2.61. The van der Waals surface area contributed by atoms with Crippen molar-refractivity contribution in [2.45, 2.75) is 56.6 Å². The Kier molecular flexibility index (Phi) is 10.0. The van der Waals surface area contributed by atoms with Crippen LogP contribution in [0.3, 0.4) is 0 Å². The molecule has 0 aliphatic heterocycles. The summed E-state index contributed by atoms with van der Waals surface area (Å²) in [6, 6.07) is -5.84. The van der Waals surface area contributed by atoms with E-state index in [1.165, 1.54) is 26.4 Å². The van der Waals surface area contributed by atoms with E-state index in [0.717, 1.165) is 0 Å². The predicted molar refractivity (Wildman–Crippen MR) is 104 cm³/mol. The van der Waals surface area contributed by atoms with Gasteiger partial charge in [0.1, 0.15) is 24.2 Å². The van der Waals surface area contributed by atoms with Gasteiger partial charge >= 0.3 is 5.97 Å². The first kappa shape index (κ1) is 26.0. The van der Waals surface area contributed by atoms with E-state index in [4.69, 9.17) is 15.9 Å². The first-order chi connectivity index (χ1) is 14.5. The Morgan fingerprint density at radius 2 is 1.65 bits per heavy atom. The Morgan fingerprint density at radius 3 is 2.10 bits per heavy atom. The molecule has 1 heterocycles. The molecule has 0 aromatic carbocycles. The monoisotopic (exact) mass is 444 g/mol. The van der Waals surface area contributed by atoms with Crippen LogP contribution >= 0.6 is 0 Å². The van der Waals surface area contributed by atoms with Crippen molar-refractivity contribution >= 4 is 23.7 Å². The summed E-state index contributed by atoms with van der Waals surface area (Å²) in [5.41, 5.74) is 5.94. The molecule has 1 aromatic rings. The van der Waals surface area contributed by atoms with E-state index in [0.29, 0.717) is 5.69 Å². The van der Waals surface area contributed by atoms with E-state index in [1.54, 1.807) is 0 Å². The molecule has 0 aliphatic carbocycles. The Morgan fingerprint density at radius 1 is 1.03 bits per heavy atom. The molecule has 14 nitrogen and oxygen atoms in total. The lowest BCUT2D eigenvalue weighted by molar-refractivity contribution is -0.143. The van der Waals surface area contributed by atoms with Gasteiger partial charge in [-0.2, -0.15) is 0 Å². The van der Waals surface area contributed by atoms with E-state index < -0.39 is 66.7 Å². The predicted octanol–water partition coefficient (Wildman–Crippen LogP) is -4.43.